The molecular weight excluding hydrogens is 257 g/mol. The molecule has 4 nitrogen and oxygen atoms in total. The monoisotopic (exact) mass is 277 g/mol. The van der Waals surface area contributed by atoms with E-state index in [0.29, 0.717) is 17.2 Å². The second-order valence-corrected chi connectivity index (χ2v) is 5.61. The number of benzene rings is 1. The van der Waals surface area contributed by atoms with Crippen LogP contribution >= 0.6 is 0 Å². The topological polar surface area (TPSA) is 35.6 Å². The Bertz CT molecular complexity index is 508. The average molecular weight is 277 g/mol. The second-order valence-electron chi connectivity index (χ2n) is 5.61. The van der Waals surface area contributed by atoms with E-state index in [9.17, 15) is 9.18 Å². The number of piperazine rings is 1. The van der Waals surface area contributed by atoms with Gasteiger partial charge >= 0.3 is 0 Å². The Morgan fingerprint density at radius 1 is 1.30 bits per heavy atom. The molecule has 2 heterocycles. The summed E-state index contributed by atoms with van der Waals surface area (Å²) in [6, 6.07) is 4.85. The fraction of sp³-hybridized carbons (Fsp3) is 0.533. The van der Waals surface area contributed by atoms with Gasteiger partial charge in [-0.25, -0.2) is 4.39 Å². The number of amides is 1. The summed E-state index contributed by atoms with van der Waals surface area (Å²) in [5.41, 5.74) is 1.32. The minimum Gasteiger partial charge on any atom is -0.335 e. The molecule has 0 unspecified atom stereocenters. The SMILES string of the molecule is Cc1cc(F)ccc1C(=O)N1CC(N2CCNCC2)C1. The Morgan fingerprint density at radius 3 is 2.65 bits per heavy atom. The van der Waals surface area contributed by atoms with Gasteiger partial charge in [0.2, 0.25) is 0 Å². The lowest BCUT2D eigenvalue weighted by Crippen LogP contribution is -2.63. The molecule has 20 heavy (non-hydrogen) atoms. The first-order valence-electron chi connectivity index (χ1n) is 7.15. The van der Waals surface area contributed by atoms with Crippen LogP contribution in [0.2, 0.25) is 0 Å². The molecule has 0 atom stereocenters. The van der Waals surface area contributed by atoms with Crippen molar-refractivity contribution in [3.8, 4) is 0 Å². The number of nitrogens with zero attached hydrogens (tertiary/aromatic N) is 2. The Labute approximate surface area is 118 Å². The van der Waals surface area contributed by atoms with E-state index in [1.54, 1.807) is 13.0 Å². The molecule has 1 amide bonds. The van der Waals surface area contributed by atoms with E-state index >= 15 is 0 Å². The molecule has 1 aromatic rings. The van der Waals surface area contributed by atoms with E-state index in [-0.39, 0.29) is 11.7 Å². The molecule has 0 saturated carbocycles. The molecule has 1 aromatic carbocycles. The van der Waals surface area contributed by atoms with Crippen LogP contribution in [0.5, 0.6) is 0 Å². The van der Waals surface area contributed by atoms with Gasteiger partial charge in [-0.1, -0.05) is 0 Å². The second kappa shape index (κ2) is 5.50. The summed E-state index contributed by atoms with van der Waals surface area (Å²) in [7, 11) is 0. The molecule has 2 fully saturated rings. The van der Waals surface area contributed by atoms with Gasteiger partial charge in [0.15, 0.2) is 0 Å². The number of rotatable bonds is 2. The standard InChI is InChI=1S/C15H20FN3O/c1-11-8-12(16)2-3-14(11)15(20)19-9-13(10-19)18-6-4-17-5-7-18/h2-3,8,13,17H,4-7,9-10H2,1H3. The molecule has 2 aliphatic heterocycles. The highest BCUT2D eigenvalue weighted by Crippen LogP contribution is 2.20. The van der Waals surface area contributed by atoms with Crippen molar-refractivity contribution in [1.29, 1.82) is 0 Å². The van der Waals surface area contributed by atoms with Crippen LogP contribution in [0.25, 0.3) is 0 Å². The molecule has 2 aliphatic rings. The number of nitrogens with one attached hydrogen (secondary N) is 1. The Morgan fingerprint density at radius 2 is 2.00 bits per heavy atom. The summed E-state index contributed by atoms with van der Waals surface area (Å²) in [4.78, 5) is 16.7. The van der Waals surface area contributed by atoms with E-state index < -0.39 is 0 Å². The number of carbonyl (C=O) groups is 1. The number of likely N-dealkylation sites (tertiary alicyclic amines) is 1. The highest BCUT2D eigenvalue weighted by molar-refractivity contribution is 5.96. The van der Waals surface area contributed by atoms with Crippen molar-refractivity contribution in [1.82, 2.24) is 15.1 Å². The van der Waals surface area contributed by atoms with Gasteiger partial charge in [-0.15, -0.1) is 0 Å². The summed E-state index contributed by atoms with van der Waals surface area (Å²) >= 11 is 0. The number of carbonyl (C=O) groups excluding carboxylic acids is 1. The van der Waals surface area contributed by atoms with Crippen LogP contribution in [-0.2, 0) is 0 Å². The third kappa shape index (κ3) is 2.55. The zero-order valence-corrected chi connectivity index (χ0v) is 11.7. The van der Waals surface area contributed by atoms with Crippen molar-refractivity contribution < 1.29 is 9.18 Å². The molecule has 0 radical (unpaired) electrons. The number of halogens is 1. The molecule has 0 aliphatic carbocycles. The van der Waals surface area contributed by atoms with E-state index in [0.717, 1.165) is 39.3 Å². The summed E-state index contributed by atoms with van der Waals surface area (Å²) in [6.07, 6.45) is 0. The predicted molar refractivity (Wildman–Crippen MR) is 75.3 cm³/mol. The minimum absolute atomic E-state index is 0.0221. The maximum absolute atomic E-state index is 13.1. The van der Waals surface area contributed by atoms with E-state index in [1.165, 1.54) is 12.1 Å². The number of hydrogen-bond donors (Lipinski definition) is 1. The predicted octanol–water partition coefficient (Wildman–Crippen LogP) is 0.864. The summed E-state index contributed by atoms with van der Waals surface area (Å²) in [5.74, 6) is -0.268. The van der Waals surface area contributed by atoms with Crippen molar-refractivity contribution in [3.05, 3.63) is 35.1 Å². The van der Waals surface area contributed by atoms with Gasteiger partial charge < -0.3 is 10.2 Å². The first-order chi connectivity index (χ1) is 9.65. The minimum atomic E-state index is -0.290. The lowest BCUT2D eigenvalue weighted by Gasteiger charge is -2.46. The summed E-state index contributed by atoms with van der Waals surface area (Å²) in [5, 5.41) is 3.33. The van der Waals surface area contributed by atoms with Crippen molar-refractivity contribution >= 4 is 5.91 Å². The molecule has 3 rings (SSSR count). The molecular formula is C15H20FN3O. The third-order valence-electron chi connectivity index (χ3n) is 4.24. The van der Waals surface area contributed by atoms with Gasteiger partial charge in [0.1, 0.15) is 5.82 Å². The van der Waals surface area contributed by atoms with Gasteiger partial charge in [0.25, 0.3) is 5.91 Å². The molecule has 0 bridgehead atoms. The summed E-state index contributed by atoms with van der Waals surface area (Å²) < 4.78 is 13.1. The van der Waals surface area contributed by atoms with Crippen molar-refractivity contribution in [2.45, 2.75) is 13.0 Å². The van der Waals surface area contributed by atoms with Gasteiger partial charge in [-0.2, -0.15) is 0 Å². The molecule has 2 saturated heterocycles. The lowest BCUT2D eigenvalue weighted by atomic mass is 10.0. The Balaban J connectivity index is 1.60. The van der Waals surface area contributed by atoms with E-state index in [4.69, 9.17) is 0 Å². The maximum Gasteiger partial charge on any atom is 0.254 e. The number of hydrogen-bond acceptors (Lipinski definition) is 3. The fourth-order valence-corrected chi connectivity index (χ4v) is 2.94. The number of aryl methyl sites for hydroxylation is 1. The van der Waals surface area contributed by atoms with Crippen LogP contribution in [-0.4, -0.2) is 61.0 Å². The Kier molecular flexibility index (Phi) is 3.72. The first-order valence-corrected chi connectivity index (χ1v) is 7.15. The van der Waals surface area contributed by atoms with Crippen molar-refractivity contribution in [3.63, 3.8) is 0 Å². The van der Waals surface area contributed by atoms with Crippen LogP contribution in [0.4, 0.5) is 4.39 Å². The lowest BCUT2D eigenvalue weighted by molar-refractivity contribution is 0.0226. The van der Waals surface area contributed by atoms with E-state index in [2.05, 4.69) is 10.2 Å². The smallest absolute Gasteiger partial charge is 0.254 e. The first kappa shape index (κ1) is 13.5. The molecule has 5 heteroatoms. The van der Waals surface area contributed by atoms with Crippen LogP contribution in [0, 0.1) is 12.7 Å². The Hall–Kier alpha value is -1.46. The molecule has 1 N–H and O–H groups in total. The highest BCUT2D eigenvalue weighted by Gasteiger charge is 2.35. The van der Waals surface area contributed by atoms with Crippen molar-refractivity contribution in [2.75, 3.05) is 39.3 Å². The van der Waals surface area contributed by atoms with Gasteiger partial charge in [-0.05, 0) is 30.7 Å². The van der Waals surface area contributed by atoms with Crippen molar-refractivity contribution in [2.24, 2.45) is 0 Å². The molecule has 0 spiro atoms. The van der Waals surface area contributed by atoms with Crippen LogP contribution in [0.3, 0.4) is 0 Å². The quantitative estimate of drug-likeness (QED) is 0.871. The zero-order valence-electron chi connectivity index (χ0n) is 11.7. The van der Waals surface area contributed by atoms with Crippen LogP contribution < -0.4 is 5.32 Å². The fourth-order valence-electron chi connectivity index (χ4n) is 2.94. The largest absolute Gasteiger partial charge is 0.335 e. The average Bonchev–Trinajstić information content (AvgIpc) is 2.38. The van der Waals surface area contributed by atoms with E-state index in [1.807, 2.05) is 4.90 Å². The highest BCUT2D eigenvalue weighted by atomic mass is 19.1. The van der Waals surface area contributed by atoms with Crippen LogP contribution in [0.15, 0.2) is 18.2 Å². The zero-order chi connectivity index (χ0) is 14.1. The van der Waals surface area contributed by atoms with Crippen LogP contribution in [0.1, 0.15) is 15.9 Å². The van der Waals surface area contributed by atoms with Gasteiger partial charge in [-0.3, -0.25) is 9.69 Å². The van der Waals surface area contributed by atoms with Gasteiger partial charge in [0, 0.05) is 50.9 Å². The molecule has 0 aromatic heterocycles. The summed E-state index contributed by atoms with van der Waals surface area (Å²) in [6.45, 7) is 7.53. The maximum atomic E-state index is 13.1. The molecule has 108 valence electrons. The normalized spacial score (nSPS) is 20.8. The third-order valence-corrected chi connectivity index (χ3v) is 4.24. The van der Waals surface area contributed by atoms with Gasteiger partial charge in [0.05, 0.1) is 0 Å².